The van der Waals surface area contributed by atoms with Gasteiger partial charge in [-0.2, -0.15) is 0 Å². The Bertz CT molecular complexity index is 861. The van der Waals surface area contributed by atoms with Gasteiger partial charge in [-0.3, -0.25) is 9.52 Å². The lowest BCUT2D eigenvalue weighted by molar-refractivity contribution is 0.0939. The highest BCUT2D eigenvalue weighted by Gasteiger charge is 2.16. The second-order valence-electron chi connectivity index (χ2n) is 5.82. The van der Waals surface area contributed by atoms with Crippen LogP contribution in [0.25, 0.3) is 0 Å². The van der Waals surface area contributed by atoms with Crippen molar-refractivity contribution < 1.29 is 17.9 Å². The van der Waals surface area contributed by atoms with Gasteiger partial charge in [0.2, 0.25) is 10.0 Å². The highest BCUT2D eigenvalue weighted by Crippen LogP contribution is 2.22. The third kappa shape index (κ3) is 4.96. The van der Waals surface area contributed by atoms with E-state index >= 15 is 0 Å². The predicted octanol–water partition coefficient (Wildman–Crippen LogP) is 2.87. The van der Waals surface area contributed by atoms with Crippen molar-refractivity contribution in [2.24, 2.45) is 0 Å². The largest absolute Gasteiger partial charge is 0.497 e. The molecule has 0 spiro atoms. The molecule has 0 radical (unpaired) electrons. The van der Waals surface area contributed by atoms with Crippen molar-refractivity contribution in [1.82, 2.24) is 5.32 Å². The van der Waals surface area contributed by atoms with Crippen molar-refractivity contribution in [1.29, 1.82) is 0 Å². The predicted molar refractivity (Wildman–Crippen MR) is 98.5 cm³/mol. The molecule has 134 valence electrons. The third-order valence-electron chi connectivity index (χ3n) is 3.84. The Morgan fingerprint density at radius 1 is 1.12 bits per heavy atom. The summed E-state index contributed by atoms with van der Waals surface area (Å²) in [5.41, 5.74) is 2.34. The number of anilines is 1. The molecule has 0 unspecified atom stereocenters. The van der Waals surface area contributed by atoms with Gasteiger partial charge in [-0.25, -0.2) is 8.42 Å². The minimum Gasteiger partial charge on any atom is -0.497 e. The van der Waals surface area contributed by atoms with Gasteiger partial charge in [0, 0.05) is 5.56 Å². The summed E-state index contributed by atoms with van der Waals surface area (Å²) >= 11 is 0. The first-order valence-corrected chi connectivity index (χ1v) is 9.62. The van der Waals surface area contributed by atoms with E-state index in [0.717, 1.165) is 17.6 Å². The first-order chi connectivity index (χ1) is 11.7. The smallest absolute Gasteiger partial charge is 0.252 e. The zero-order valence-electron chi connectivity index (χ0n) is 14.7. The second-order valence-corrected chi connectivity index (χ2v) is 7.57. The molecule has 6 nitrogen and oxygen atoms in total. The van der Waals surface area contributed by atoms with Crippen molar-refractivity contribution in [2.75, 3.05) is 18.1 Å². The Kier molecular flexibility index (Phi) is 5.69. The molecule has 1 amide bonds. The second kappa shape index (κ2) is 7.57. The fourth-order valence-corrected chi connectivity index (χ4v) is 3.06. The number of carbonyl (C=O) groups excluding carboxylic acids is 1. The van der Waals surface area contributed by atoms with E-state index in [1.165, 1.54) is 0 Å². The zero-order valence-corrected chi connectivity index (χ0v) is 15.5. The van der Waals surface area contributed by atoms with Gasteiger partial charge >= 0.3 is 0 Å². The molecule has 0 heterocycles. The number of sulfonamides is 1. The summed E-state index contributed by atoms with van der Waals surface area (Å²) in [5.74, 6) is 0.482. The monoisotopic (exact) mass is 362 g/mol. The highest BCUT2D eigenvalue weighted by atomic mass is 32.2. The van der Waals surface area contributed by atoms with Gasteiger partial charge in [-0.15, -0.1) is 0 Å². The van der Waals surface area contributed by atoms with Crippen molar-refractivity contribution >= 4 is 21.6 Å². The number of methoxy groups -OCH3 is 1. The number of carbonyl (C=O) groups is 1. The Morgan fingerprint density at radius 2 is 1.76 bits per heavy atom. The maximum absolute atomic E-state index is 12.6. The summed E-state index contributed by atoms with van der Waals surface area (Å²) in [6.07, 6.45) is 1.07. The molecule has 25 heavy (non-hydrogen) atoms. The standard InChI is InChI=1S/C18H22N2O4S/c1-12-16(6-5-7-17(12)20-25(4,22)23)18(21)19-13(2)14-8-10-15(24-3)11-9-14/h5-11,13,20H,1-4H3,(H,19,21)/t13-/m0/s1. The molecule has 2 N–H and O–H groups in total. The fraction of sp³-hybridized carbons (Fsp3) is 0.278. The van der Waals surface area contributed by atoms with Crippen LogP contribution in [-0.4, -0.2) is 27.7 Å². The fourth-order valence-electron chi connectivity index (χ4n) is 2.44. The lowest BCUT2D eigenvalue weighted by atomic mass is 10.0. The zero-order chi connectivity index (χ0) is 18.6. The summed E-state index contributed by atoms with van der Waals surface area (Å²) < 4.78 is 30.4. The molecule has 0 aliphatic carbocycles. The molecular weight excluding hydrogens is 340 g/mol. The number of ether oxygens (including phenoxy) is 1. The summed E-state index contributed by atoms with van der Waals surface area (Å²) in [6.45, 7) is 3.59. The van der Waals surface area contributed by atoms with E-state index in [0.29, 0.717) is 16.8 Å². The first kappa shape index (κ1) is 18.8. The van der Waals surface area contributed by atoms with E-state index in [1.807, 2.05) is 31.2 Å². The SMILES string of the molecule is COc1ccc([C@H](C)NC(=O)c2cccc(NS(C)(=O)=O)c2C)cc1. The topological polar surface area (TPSA) is 84.5 Å². The molecule has 0 saturated carbocycles. The lowest BCUT2D eigenvalue weighted by Crippen LogP contribution is -2.27. The van der Waals surface area contributed by atoms with Crippen molar-refractivity contribution in [3.05, 3.63) is 59.2 Å². The van der Waals surface area contributed by atoms with E-state index in [4.69, 9.17) is 4.74 Å². The Labute approximate surface area is 148 Å². The molecule has 0 aliphatic rings. The number of amides is 1. The molecule has 0 bridgehead atoms. The molecule has 2 aromatic carbocycles. The van der Waals surface area contributed by atoms with Gasteiger partial charge in [0.1, 0.15) is 5.75 Å². The van der Waals surface area contributed by atoms with Crippen LogP contribution in [0.1, 0.15) is 34.5 Å². The van der Waals surface area contributed by atoms with Crippen LogP contribution in [0.3, 0.4) is 0 Å². The Hall–Kier alpha value is -2.54. The summed E-state index contributed by atoms with van der Waals surface area (Å²) in [6, 6.07) is 12.2. The van der Waals surface area contributed by atoms with Gasteiger partial charge < -0.3 is 10.1 Å². The number of hydrogen-bond donors (Lipinski definition) is 2. The lowest BCUT2D eigenvalue weighted by Gasteiger charge is -2.17. The van der Waals surface area contributed by atoms with Crippen molar-refractivity contribution in [3.63, 3.8) is 0 Å². The first-order valence-electron chi connectivity index (χ1n) is 7.73. The average Bonchev–Trinajstić information content (AvgIpc) is 2.55. The van der Waals surface area contributed by atoms with Crippen LogP contribution in [0.5, 0.6) is 5.75 Å². The molecule has 0 fully saturated rings. The van der Waals surface area contributed by atoms with Crippen LogP contribution >= 0.6 is 0 Å². The van der Waals surface area contributed by atoms with E-state index in [9.17, 15) is 13.2 Å². The van der Waals surface area contributed by atoms with Gasteiger partial charge in [0.15, 0.2) is 0 Å². The van der Waals surface area contributed by atoms with E-state index in [2.05, 4.69) is 10.0 Å². The van der Waals surface area contributed by atoms with E-state index < -0.39 is 10.0 Å². The molecule has 0 saturated heterocycles. The minimum absolute atomic E-state index is 0.204. The van der Waals surface area contributed by atoms with Crippen LogP contribution in [0, 0.1) is 6.92 Å². The van der Waals surface area contributed by atoms with Gasteiger partial charge in [-0.05, 0) is 49.2 Å². The van der Waals surface area contributed by atoms with E-state index in [1.54, 1.807) is 32.2 Å². The van der Waals surface area contributed by atoms with Crippen LogP contribution in [-0.2, 0) is 10.0 Å². The van der Waals surface area contributed by atoms with Crippen LogP contribution in [0.15, 0.2) is 42.5 Å². The summed E-state index contributed by atoms with van der Waals surface area (Å²) in [5, 5.41) is 2.92. The number of rotatable bonds is 6. The highest BCUT2D eigenvalue weighted by molar-refractivity contribution is 7.92. The maximum Gasteiger partial charge on any atom is 0.252 e. The number of nitrogens with one attached hydrogen (secondary N) is 2. The van der Waals surface area contributed by atoms with Gasteiger partial charge in [0.05, 0.1) is 25.1 Å². The van der Waals surface area contributed by atoms with Crippen LogP contribution in [0.4, 0.5) is 5.69 Å². The van der Waals surface area contributed by atoms with E-state index in [-0.39, 0.29) is 11.9 Å². The molecular formula is C18H22N2O4S. The van der Waals surface area contributed by atoms with Crippen molar-refractivity contribution in [2.45, 2.75) is 19.9 Å². The summed E-state index contributed by atoms with van der Waals surface area (Å²) in [4.78, 5) is 12.6. The average molecular weight is 362 g/mol. The van der Waals surface area contributed by atoms with Crippen molar-refractivity contribution in [3.8, 4) is 5.75 Å². The normalized spacial score (nSPS) is 12.3. The molecule has 2 rings (SSSR count). The third-order valence-corrected chi connectivity index (χ3v) is 4.43. The van der Waals surface area contributed by atoms with Gasteiger partial charge in [0.25, 0.3) is 5.91 Å². The van der Waals surface area contributed by atoms with Crippen LogP contribution in [0.2, 0.25) is 0 Å². The number of hydrogen-bond acceptors (Lipinski definition) is 4. The molecule has 0 aliphatic heterocycles. The quantitative estimate of drug-likeness (QED) is 0.827. The summed E-state index contributed by atoms with van der Waals surface area (Å²) in [7, 11) is -1.81. The van der Waals surface area contributed by atoms with Gasteiger partial charge in [-0.1, -0.05) is 18.2 Å². The van der Waals surface area contributed by atoms with Crippen LogP contribution < -0.4 is 14.8 Å². The molecule has 1 atom stereocenters. The minimum atomic E-state index is -3.41. The Balaban J connectivity index is 2.18. The maximum atomic E-state index is 12.6. The number of benzene rings is 2. The molecule has 0 aromatic heterocycles. The molecule has 2 aromatic rings. The molecule has 7 heteroatoms. The Morgan fingerprint density at radius 3 is 2.32 bits per heavy atom.